The molecule has 88 valence electrons. The molecule has 0 aromatic heterocycles. The zero-order valence-corrected chi connectivity index (χ0v) is 10.8. The van der Waals surface area contributed by atoms with Crippen LogP contribution in [0.25, 0.3) is 0 Å². The molecule has 0 saturated carbocycles. The minimum absolute atomic E-state index is 0.152. The average molecular weight is 230 g/mol. The third-order valence-electron chi connectivity index (χ3n) is 2.10. The first-order valence-corrected chi connectivity index (χ1v) is 6.40. The highest BCUT2D eigenvalue weighted by molar-refractivity contribution is 7.99. The SMILES string of the molecule is C=CCSCCNCC(=O)N(C)C(C)C. The molecule has 0 aliphatic rings. The lowest BCUT2D eigenvalue weighted by atomic mass is 10.3. The second-order valence-corrected chi connectivity index (χ2v) is 4.79. The smallest absolute Gasteiger partial charge is 0.236 e. The van der Waals surface area contributed by atoms with Crippen molar-refractivity contribution in [3.63, 3.8) is 0 Å². The molecule has 0 saturated heterocycles. The highest BCUT2D eigenvalue weighted by atomic mass is 32.2. The molecule has 0 aromatic carbocycles. The van der Waals surface area contributed by atoms with Gasteiger partial charge in [0.05, 0.1) is 6.54 Å². The van der Waals surface area contributed by atoms with E-state index < -0.39 is 0 Å². The predicted molar refractivity (Wildman–Crippen MR) is 68.3 cm³/mol. The molecule has 0 rings (SSSR count). The van der Waals surface area contributed by atoms with Crippen LogP contribution in [0, 0.1) is 0 Å². The Balaban J connectivity index is 3.43. The van der Waals surface area contributed by atoms with Gasteiger partial charge in [0, 0.05) is 31.1 Å². The van der Waals surface area contributed by atoms with Gasteiger partial charge in [-0.1, -0.05) is 6.08 Å². The van der Waals surface area contributed by atoms with Gasteiger partial charge in [-0.25, -0.2) is 0 Å². The van der Waals surface area contributed by atoms with Crippen LogP contribution in [0.3, 0.4) is 0 Å². The van der Waals surface area contributed by atoms with Crippen LogP contribution in [0.5, 0.6) is 0 Å². The zero-order chi connectivity index (χ0) is 11.7. The van der Waals surface area contributed by atoms with Crippen LogP contribution in [0.4, 0.5) is 0 Å². The Morgan fingerprint density at radius 3 is 2.80 bits per heavy atom. The van der Waals surface area contributed by atoms with Gasteiger partial charge in [-0.05, 0) is 13.8 Å². The normalized spacial score (nSPS) is 10.4. The number of rotatable bonds is 8. The van der Waals surface area contributed by atoms with E-state index in [-0.39, 0.29) is 11.9 Å². The first kappa shape index (κ1) is 14.5. The Labute approximate surface area is 97.3 Å². The second kappa shape index (κ2) is 8.80. The first-order chi connectivity index (χ1) is 7.09. The number of carbonyl (C=O) groups excluding carboxylic acids is 1. The van der Waals surface area contributed by atoms with Crippen molar-refractivity contribution in [2.45, 2.75) is 19.9 Å². The van der Waals surface area contributed by atoms with Crippen molar-refractivity contribution in [3.05, 3.63) is 12.7 Å². The van der Waals surface area contributed by atoms with E-state index >= 15 is 0 Å². The van der Waals surface area contributed by atoms with E-state index in [0.717, 1.165) is 18.1 Å². The largest absolute Gasteiger partial charge is 0.342 e. The molecule has 0 spiro atoms. The molecule has 0 fully saturated rings. The van der Waals surface area contributed by atoms with Gasteiger partial charge in [-0.3, -0.25) is 4.79 Å². The molecule has 0 heterocycles. The van der Waals surface area contributed by atoms with Crippen molar-refractivity contribution in [2.24, 2.45) is 0 Å². The summed E-state index contributed by atoms with van der Waals surface area (Å²) in [6, 6.07) is 0.273. The number of hydrogen-bond acceptors (Lipinski definition) is 3. The molecule has 15 heavy (non-hydrogen) atoms. The van der Waals surface area contributed by atoms with Crippen molar-refractivity contribution in [1.82, 2.24) is 10.2 Å². The van der Waals surface area contributed by atoms with Crippen LogP contribution in [0.1, 0.15) is 13.8 Å². The maximum Gasteiger partial charge on any atom is 0.236 e. The minimum atomic E-state index is 0.152. The lowest BCUT2D eigenvalue weighted by Crippen LogP contribution is -2.39. The summed E-state index contributed by atoms with van der Waals surface area (Å²) in [5, 5.41) is 3.13. The number of thioether (sulfide) groups is 1. The van der Waals surface area contributed by atoms with Crippen LogP contribution >= 0.6 is 11.8 Å². The quantitative estimate of drug-likeness (QED) is 0.505. The summed E-state index contributed by atoms with van der Waals surface area (Å²) in [5.74, 6) is 2.14. The number of nitrogens with zero attached hydrogens (tertiary/aromatic N) is 1. The summed E-state index contributed by atoms with van der Waals surface area (Å²) in [5.41, 5.74) is 0. The molecule has 3 nitrogen and oxygen atoms in total. The van der Waals surface area contributed by atoms with Gasteiger partial charge < -0.3 is 10.2 Å². The Morgan fingerprint density at radius 1 is 1.60 bits per heavy atom. The average Bonchev–Trinajstić information content (AvgIpc) is 2.21. The summed E-state index contributed by atoms with van der Waals surface area (Å²) in [6.45, 7) is 8.98. The molecule has 0 aliphatic heterocycles. The van der Waals surface area contributed by atoms with Gasteiger partial charge in [-0.2, -0.15) is 11.8 Å². The van der Waals surface area contributed by atoms with Crippen LogP contribution in [-0.4, -0.2) is 48.5 Å². The van der Waals surface area contributed by atoms with Crippen LogP contribution in [-0.2, 0) is 4.79 Å². The summed E-state index contributed by atoms with van der Waals surface area (Å²) >= 11 is 1.81. The van der Waals surface area contributed by atoms with Gasteiger partial charge in [-0.15, -0.1) is 6.58 Å². The van der Waals surface area contributed by atoms with Gasteiger partial charge in [0.25, 0.3) is 0 Å². The molecule has 1 N–H and O–H groups in total. The Kier molecular flexibility index (Phi) is 8.52. The minimum Gasteiger partial charge on any atom is -0.342 e. The molecule has 0 atom stereocenters. The van der Waals surface area contributed by atoms with Crippen LogP contribution < -0.4 is 5.32 Å². The van der Waals surface area contributed by atoms with E-state index in [0.29, 0.717) is 6.54 Å². The lowest BCUT2D eigenvalue weighted by molar-refractivity contribution is -0.130. The van der Waals surface area contributed by atoms with E-state index in [1.165, 1.54) is 0 Å². The maximum atomic E-state index is 11.5. The number of hydrogen-bond donors (Lipinski definition) is 1. The molecule has 1 amide bonds. The van der Waals surface area contributed by atoms with Crippen LogP contribution in [0.15, 0.2) is 12.7 Å². The lowest BCUT2D eigenvalue weighted by Gasteiger charge is -2.21. The molecule has 0 aromatic rings. The highest BCUT2D eigenvalue weighted by Crippen LogP contribution is 1.97. The second-order valence-electron chi connectivity index (χ2n) is 3.64. The standard InChI is InChI=1S/C11H22N2OS/c1-5-7-15-8-6-12-9-11(14)13(4)10(2)3/h5,10,12H,1,6-9H2,2-4H3. The number of likely N-dealkylation sites (N-methyl/N-ethyl adjacent to an activating group) is 1. The third-order valence-corrected chi connectivity index (χ3v) is 3.07. The van der Waals surface area contributed by atoms with Crippen molar-refractivity contribution in [3.8, 4) is 0 Å². The molecular weight excluding hydrogens is 208 g/mol. The fraction of sp³-hybridized carbons (Fsp3) is 0.727. The number of nitrogens with one attached hydrogen (secondary N) is 1. The molecule has 0 bridgehead atoms. The first-order valence-electron chi connectivity index (χ1n) is 5.24. The van der Waals surface area contributed by atoms with E-state index in [1.54, 1.807) is 4.90 Å². The summed E-state index contributed by atoms with van der Waals surface area (Å²) < 4.78 is 0. The summed E-state index contributed by atoms with van der Waals surface area (Å²) in [4.78, 5) is 13.3. The fourth-order valence-electron chi connectivity index (χ4n) is 0.919. The van der Waals surface area contributed by atoms with Crippen LogP contribution in [0.2, 0.25) is 0 Å². The molecular formula is C11H22N2OS. The summed E-state index contributed by atoms with van der Waals surface area (Å²) in [7, 11) is 1.83. The van der Waals surface area contributed by atoms with E-state index in [9.17, 15) is 4.79 Å². The number of amides is 1. The third kappa shape index (κ3) is 7.45. The van der Waals surface area contributed by atoms with Gasteiger partial charge >= 0.3 is 0 Å². The Bertz CT molecular complexity index is 195. The van der Waals surface area contributed by atoms with E-state index in [4.69, 9.17) is 0 Å². The monoisotopic (exact) mass is 230 g/mol. The molecule has 4 heteroatoms. The number of carbonyl (C=O) groups is 1. The van der Waals surface area contributed by atoms with Crippen molar-refractivity contribution < 1.29 is 4.79 Å². The van der Waals surface area contributed by atoms with Gasteiger partial charge in [0.15, 0.2) is 0 Å². The Morgan fingerprint density at radius 2 is 2.27 bits per heavy atom. The van der Waals surface area contributed by atoms with E-state index in [2.05, 4.69) is 11.9 Å². The van der Waals surface area contributed by atoms with Crippen molar-refractivity contribution in [1.29, 1.82) is 0 Å². The highest BCUT2D eigenvalue weighted by Gasteiger charge is 2.10. The molecule has 0 unspecified atom stereocenters. The topological polar surface area (TPSA) is 32.3 Å². The maximum absolute atomic E-state index is 11.5. The Hall–Kier alpha value is -0.480. The summed E-state index contributed by atoms with van der Waals surface area (Å²) in [6.07, 6.45) is 1.89. The van der Waals surface area contributed by atoms with E-state index in [1.807, 2.05) is 38.7 Å². The fourth-order valence-corrected chi connectivity index (χ4v) is 1.54. The zero-order valence-electron chi connectivity index (χ0n) is 9.95. The molecule has 0 radical (unpaired) electrons. The van der Waals surface area contributed by atoms with Gasteiger partial charge in [0.2, 0.25) is 5.91 Å². The predicted octanol–water partition coefficient (Wildman–Crippen LogP) is 1.36. The van der Waals surface area contributed by atoms with Crippen molar-refractivity contribution in [2.75, 3.05) is 31.6 Å². The van der Waals surface area contributed by atoms with Crippen molar-refractivity contribution >= 4 is 17.7 Å². The molecule has 0 aliphatic carbocycles. The van der Waals surface area contributed by atoms with Gasteiger partial charge in [0.1, 0.15) is 0 Å².